The maximum atomic E-state index is 15.6. The number of benzene rings is 10. The average Bonchev–Trinajstić information content (AvgIpc) is 1.54. The van der Waals surface area contributed by atoms with E-state index in [-0.39, 0.29) is 51.8 Å². The van der Waals surface area contributed by atoms with Gasteiger partial charge in [0.05, 0.1) is 33.6 Å². The number of fused-ring (bicyclic) bond motifs is 3. The number of nitrogens with zero attached hydrogens (tertiary/aromatic N) is 4. The molecule has 1 aliphatic rings. The van der Waals surface area contributed by atoms with Crippen LogP contribution in [-0.4, -0.2) is 18.4 Å². The summed E-state index contributed by atoms with van der Waals surface area (Å²) in [5.74, 6) is -0.844. The van der Waals surface area contributed by atoms with E-state index in [0.717, 1.165) is 44.5 Å². The number of aromatic nitrogens is 4. The molecule has 584 valence electrons. The van der Waals surface area contributed by atoms with Crippen molar-refractivity contribution in [3.05, 3.63) is 263 Å². The van der Waals surface area contributed by atoms with Gasteiger partial charge in [0.2, 0.25) is 0 Å². The molecule has 5 heterocycles. The first-order valence-corrected chi connectivity index (χ1v) is 41.8. The minimum atomic E-state index is -4.03. The predicted molar refractivity (Wildman–Crippen MR) is 480 cm³/mol. The summed E-state index contributed by atoms with van der Waals surface area (Å²) in [6.45, 7) is 52.0. The van der Waals surface area contributed by atoms with Gasteiger partial charge in [-0.2, -0.15) is 0 Å². The predicted octanol–water partition coefficient (Wildman–Crippen LogP) is 22.0. The summed E-state index contributed by atoms with van der Waals surface area (Å²) in [4.78, 5) is 115. The van der Waals surface area contributed by atoms with Crippen LogP contribution >= 0.6 is 0 Å². The normalized spacial score (nSPS) is 14.1. The molecule has 16 rings (SSSR count). The summed E-state index contributed by atoms with van der Waals surface area (Å²) in [6.07, 6.45) is 0. The third kappa shape index (κ3) is 13.7. The van der Waals surface area contributed by atoms with Gasteiger partial charge in [-0.25, -0.2) is 18.4 Å². The van der Waals surface area contributed by atoms with Crippen molar-refractivity contribution in [3.8, 4) is 44.5 Å². The topological polar surface area (TPSA) is 191 Å². The number of hydrogen-bond donors (Lipinski definition) is 0. The van der Waals surface area contributed by atoms with E-state index in [9.17, 15) is 19.2 Å². The Bertz CT molecular complexity index is 6890. The molecule has 0 atom stereocenters. The van der Waals surface area contributed by atoms with Crippen molar-refractivity contribution in [1.29, 1.82) is 0 Å². The molecule has 0 spiro atoms. The quantitative estimate of drug-likeness (QED) is 0.152. The molecule has 15 aromatic rings. The first kappa shape index (κ1) is 80.9. The molecule has 0 radical (unpaired) electrons. The zero-order valence-corrected chi connectivity index (χ0v) is 75.2. The summed E-state index contributed by atoms with van der Waals surface area (Å²) in [7, 11) is -4.03. The largest absolute Gasteiger partial charge is 2.00 e. The smallest absolute Gasteiger partial charge is 0.656 e. The van der Waals surface area contributed by atoms with Crippen molar-refractivity contribution >= 4 is 119 Å². The second-order valence-electron chi connectivity index (χ2n) is 40.9. The van der Waals surface area contributed by atoms with Crippen molar-refractivity contribution in [1.82, 2.24) is 19.9 Å². The molecular weight excluding hydrogens is 1510 g/mol. The molecule has 11 aromatic carbocycles. The van der Waals surface area contributed by atoms with Crippen LogP contribution in [0, 0.1) is 0 Å². The monoisotopic (exact) mass is 1600 g/mol. The van der Waals surface area contributed by atoms with Crippen LogP contribution in [-0.2, 0) is 84.1 Å². The Morgan fingerprint density at radius 1 is 0.241 bits per heavy atom. The van der Waals surface area contributed by atoms with Crippen LogP contribution in [0.5, 0.6) is 0 Å². The van der Waals surface area contributed by atoms with E-state index in [2.05, 4.69) is 239 Å². The Morgan fingerprint density at radius 2 is 0.414 bits per heavy atom. The van der Waals surface area contributed by atoms with Crippen molar-refractivity contribution in [2.24, 2.45) is 0 Å². The van der Waals surface area contributed by atoms with E-state index in [1.54, 1.807) is 36.4 Å². The van der Waals surface area contributed by atoms with Gasteiger partial charge in [0, 0.05) is 53.9 Å². The van der Waals surface area contributed by atoms with Gasteiger partial charge in [-0.15, -0.1) is 22.1 Å². The average molecular weight is 1610 g/mol. The zero-order chi connectivity index (χ0) is 83.1. The second kappa shape index (κ2) is 26.6. The molecule has 0 aliphatic carbocycles. The van der Waals surface area contributed by atoms with E-state index in [0.29, 0.717) is 132 Å². The van der Waals surface area contributed by atoms with Gasteiger partial charge < -0.3 is 9.97 Å². The van der Waals surface area contributed by atoms with Crippen LogP contribution in [0.2, 0.25) is 0 Å². The van der Waals surface area contributed by atoms with Crippen molar-refractivity contribution < 1.29 is 27.9 Å². The maximum Gasteiger partial charge on any atom is 2.00 e. The molecule has 0 saturated heterocycles. The molecule has 14 heteroatoms. The first-order chi connectivity index (χ1) is 53.2. The van der Waals surface area contributed by atoms with Crippen LogP contribution in [0.25, 0.3) is 153 Å². The Kier molecular flexibility index (Phi) is 18.6. The molecule has 116 heavy (non-hydrogen) atoms. The standard InChI is InChI=1S/C102H102N4O8S.Zn/c1-95(2,3)55-31-51(32-56(39-55)96(4,5)6)83-87-69-43-63-64(78(108)26-25-77(63)107)44-70(69)88(103-87)84(52-33-57(97(7,8)9)40-58(34-52)98(10,11)12)90-72-46-66-68(82(112)30-28-80(66)110)48-74(72)92(105-90)86(54-37-61(101(19,20)21)42-62(38-54)102(22,23)24)94-76-50-115(113,114)49-75(76)93(106-94)85(53-35-59(99(13,14)15)41-60(36-53)100(16,17)18)91-73-47-67-65(45-71(73)89(83)104-91)79(109)27-29-81(67)111;/h25-48H,49-50H2,1-24H3,(H2,103,104,105,106,107,108,109,110,111,112);/q;+2/p-2. The van der Waals surface area contributed by atoms with Crippen LogP contribution in [0.15, 0.2) is 174 Å². The molecule has 0 amide bonds. The van der Waals surface area contributed by atoms with Crippen LogP contribution < -0.4 is 42.5 Å². The molecule has 0 fully saturated rings. The van der Waals surface area contributed by atoms with Crippen LogP contribution in [0.3, 0.4) is 0 Å². The fraction of sp³-hybridized carbons (Fsp3) is 0.333. The van der Waals surface area contributed by atoms with Crippen LogP contribution in [0.1, 0.15) is 222 Å². The Hall–Kier alpha value is -10.3. The number of hydrogen-bond acceptors (Lipinski definition) is 10. The van der Waals surface area contributed by atoms with Gasteiger partial charge in [0.25, 0.3) is 0 Å². The van der Waals surface area contributed by atoms with Crippen molar-refractivity contribution in [3.63, 3.8) is 0 Å². The van der Waals surface area contributed by atoms with E-state index in [1.165, 1.54) is 36.4 Å². The molecular formula is C102H100N4O8SZn. The molecule has 1 aliphatic heterocycles. The first-order valence-electron chi connectivity index (χ1n) is 40.0. The second-order valence-corrected chi connectivity index (χ2v) is 43.0. The fourth-order valence-corrected chi connectivity index (χ4v) is 18.5. The van der Waals surface area contributed by atoms with Crippen LogP contribution in [0.4, 0.5) is 0 Å². The summed E-state index contributed by atoms with van der Waals surface area (Å²) in [5, 5.41) is 3.71. The Balaban J connectivity index is 0.0000106. The zero-order valence-electron chi connectivity index (χ0n) is 71.4. The summed E-state index contributed by atoms with van der Waals surface area (Å²) >= 11 is 0. The maximum absolute atomic E-state index is 15.6. The van der Waals surface area contributed by atoms with E-state index in [4.69, 9.17) is 19.9 Å². The molecule has 12 nitrogen and oxygen atoms in total. The van der Waals surface area contributed by atoms with Gasteiger partial charge in [-0.05, 0) is 227 Å². The summed E-state index contributed by atoms with van der Waals surface area (Å²) in [5.41, 5.74) is 9.70. The fourth-order valence-electron chi connectivity index (χ4n) is 16.9. The van der Waals surface area contributed by atoms with Crippen molar-refractivity contribution in [2.45, 2.75) is 221 Å². The minimum Gasteiger partial charge on any atom is -0.656 e. The Labute approximate surface area is 689 Å². The van der Waals surface area contributed by atoms with Gasteiger partial charge in [0.15, 0.2) is 42.4 Å². The molecule has 0 N–H and O–H groups in total. The molecule has 8 bridgehead atoms. The van der Waals surface area contributed by atoms with Gasteiger partial charge in [-0.3, -0.25) is 28.8 Å². The molecule has 0 unspecified atom stereocenters. The summed E-state index contributed by atoms with van der Waals surface area (Å²) < 4.78 is 31.3. The van der Waals surface area contributed by atoms with Gasteiger partial charge in [-0.1, -0.05) is 239 Å². The molecule has 4 aromatic heterocycles. The number of rotatable bonds is 4. The summed E-state index contributed by atoms with van der Waals surface area (Å²) in [6, 6.07) is 44.8. The third-order valence-corrected chi connectivity index (χ3v) is 25.5. The van der Waals surface area contributed by atoms with E-state index >= 15 is 18.0 Å². The third-order valence-electron chi connectivity index (χ3n) is 24.0. The van der Waals surface area contributed by atoms with Gasteiger partial charge >= 0.3 is 19.5 Å². The van der Waals surface area contributed by atoms with E-state index in [1.807, 2.05) is 0 Å². The number of sulfone groups is 1. The minimum absolute atomic E-state index is 0. The van der Waals surface area contributed by atoms with Gasteiger partial charge in [0.1, 0.15) is 0 Å². The molecule has 0 saturated carbocycles. The van der Waals surface area contributed by atoms with E-state index < -0.39 is 97.2 Å². The SMILES string of the molecule is CC(C)(C)c1cc(-c2c3[n-]c(c4c3CS(=O)(=O)C4)c(-c3cc(C(C)(C)C)cc(C(C)(C)C)c3)c3nc(c(-c4cc(C(C)(C)C)cc(C(C)(C)C)c4)c4[n-]c(c(-c5cc(C(C)(C)C)cc(C(C)(C)C)c5)c5nc2c2cc6c(=O)ccc(=O)c6cc52)c2cc5c(=O)ccc(=O)c5cc42)c2cc4c(=O)ccc(=O)c4cc32)cc(C(C)(C)C)c1.[Zn+2]. The van der Waals surface area contributed by atoms with Crippen molar-refractivity contribution in [2.75, 3.05) is 0 Å². The Morgan fingerprint density at radius 3 is 0.603 bits per heavy atom.